The number of hydrogen-bond acceptors (Lipinski definition) is 2. The normalized spacial score (nSPS) is 11.9. The van der Waals surface area contributed by atoms with Crippen molar-refractivity contribution in [2.45, 2.75) is 59.5 Å². The van der Waals surface area contributed by atoms with Gasteiger partial charge in [-0.1, -0.05) is 68.8 Å². The van der Waals surface area contributed by atoms with E-state index in [1.165, 1.54) is 5.56 Å². The summed E-state index contributed by atoms with van der Waals surface area (Å²) in [5, 5.41) is 3.56. The Kier molecular flexibility index (Phi) is 9.38. The molecule has 0 saturated carbocycles. The summed E-state index contributed by atoms with van der Waals surface area (Å²) in [5.41, 5.74) is 3.31. The molecule has 30 heavy (non-hydrogen) atoms. The fourth-order valence-corrected chi connectivity index (χ4v) is 3.42. The lowest BCUT2D eigenvalue weighted by Crippen LogP contribution is -2.48. The van der Waals surface area contributed by atoms with Gasteiger partial charge in [0, 0.05) is 24.5 Å². The molecule has 0 heterocycles. The molecule has 0 unspecified atom stereocenters. The van der Waals surface area contributed by atoms with Crippen LogP contribution in [0.5, 0.6) is 0 Å². The summed E-state index contributed by atoms with van der Waals surface area (Å²) in [6, 6.07) is 15.2. The molecule has 0 bridgehead atoms. The van der Waals surface area contributed by atoms with Crippen molar-refractivity contribution in [3.63, 3.8) is 0 Å². The van der Waals surface area contributed by atoms with Crippen LogP contribution >= 0.6 is 11.6 Å². The van der Waals surface area contributed by atoms with Crippen molar-refractivity contribution >= 4 is 23.4 Å². The van der Waals surface area contributed by atoms with Gasteiger partial charge in [0.1, 0.15) is 6.04 Å². The first-order valence-corrected chi connectivity index (χ1v) is 11.1. The molecule has 0 radical (unpaired) electrons. The summed E-state index contributed by atoms with van der Waals surface area (Å²) >= 11 is 6.12. The summed E-state index contributed by atoms with van der Waals surface area (Å²) in [6.07, 6.45) is 2.00. The van der Waals surface area contributed by atoms with Crippen molar-refractivity contribution in [1.82, 2.24) is 10.2 Å². The monoisotopic (exact) mass is 428 g/mol. The van der Waals surface area contributed by atoms with Gasteiger partial charge in [-0.15, -0.1) is 0 Å². The number of aryl methyl sites for hydroxylation is 2. The summed E-state index contributed by atoms with van der Waals surface area (Å²) in [7, 11) is 0. The van der Waals surface area contributed by atoms with Gasteiger partial charge in [-0.3, -0.25) is 9.59 Å². The third-order valence-corrected chi connectivity index (χ3v) is 5.39. The maximum atomic E-state index is 13.1. The van der Waals surface area contributed by atoms with E-state index in [1.54, 1.807) is 17.9 Å². The van der Waals surface area contributed by atoms with Gasteiger partial charge in [0.2, 0.25) is 11.8 Å². The molecular formula is C25H33ClN2O2. The lowest BCUT2D eigenvalue weighted by atomic mass is 10.0. The summed E-state index contributed by atoms with van der Waals surface area (Å²) in [5.74, 6) is 0.178. The van der Waals surface area contributed by atoms with E-state index in [-0.39, 0.29) is 11.8 Å². The zero-order valence-electron chi connectivity index (χ0n) is 18.5. The Hall–Kier alpha value is -2.33. The molecular weight excluding hydrogens is 396 g/mol. The standard InChI is InChI=1S/C25H33ClN2O2/c1-5-20-9-11-21(12-10-20)13-14-24(29)28(17-22-7-6-8-23(26)15-22)19(4)25(30)27-16-18(2)3/h6-12,15,18-19H,5,13-14,16-17H2,1-4H3,(H,27,30)/t19-/m0/s1. The van der Waals surface area contributed by atoms with Crippen LogP contribution in [0.15, 0.2) is 48.5 Å². The number of nitrogens with zero attached hydrogens (tertiary/aromatic N) is 1. The van der Waals surface area contributed by atoms with Crippen LogP contribution in [-0.4, -0.2) is 29.3 Å². The van der Waals surface area contributed by atoms with Gasteiger partial charge in [-0.25, -0.2) is 0 Å². The van der Waals surface area contributed by atoms with Gasteiger partial charge in [0.05, 0.1) is 0 Å². The molecule has 0 fully saturated rings. The number of carbonyl (C=O) groups is 2. The number of halogens is 1. The van der Waals surface area contributed by atoms with E-state index >= 15 is 0 Å². The number of nitrogens with one attached hydrogen (secondary N) is 1. The molecule has 1 N–H and O–H groups in total. The summed E-state index contributed by atoms with van der Waals surface area (Å²) in [4.78, 5) is 27.4. The van der Waals surface area contributed by atoms with Gasteiger partial charge in [-0.2, -0.15) is 0 Å². The van der Waals surface area contributed by atoms with E-state index in [0.717, 1.165) is 17.5 Å². The van der Waals surface area contributed by atoms with Gasteiger partial charge in [0.25, 0.3) is 0 Å². The van der Waals surface area contributed by atoms with Crippen LogP contribution in [0.25, 0.3) is 0 Å². The minimum absolute atomic E-state index is 0.0401. The number of amides is 2. The first-order chi connectivity index (χ1) is 14.3. The van der Waals surface area contributed by atoms with E-state index in [2.05, 4.69) is 36.5 Å². The zero-order valence-corrected chi connectivity index (χ0v) is 19.2. The molecule has 2 rings (SSSR count). The minimum atomic E-state index is -0.558. The van der Waals surface area contributed by atoms with Crippen LogP contribution < -0.4 is 5.32 Å². The predicted octanol–water partition coefficient (Wildman–Crippen LogP) is 5.02. The number of rotatable bonds is 10. The average Bonchev–Trinajstić information content (AvgIpc) is 2.74. The smallest absolute Gasteiger partial charge is 0.242 e. The molecule has 0 saturated heterocycles. The molecule has 5 heteroatoms. The SMILES string of the molecule is CCc1ccc(CCC(=O)N(Cc2cccc(Cl)c2)[C@@H](C)C(=O)NCC(C)C)cc1. The highest BCUT2D eigenvalue weighted by Crippen LogP contribution is 2.17. The quantitative estimate of drug-likeness (QED) is 0.577. The van der Waals surface area contributed by atoms with E-state index < -0.39 is 6.04 Å². The van der Waals surface area contributed by atoms with Gasteiger partial charge >= 0.3 is 0 Å². The molecule has 4 nitrogen and oxygen atoms in total. The van der Waals surface area contributed by atoms with E-state index in [0.29, 0.717) is 36.9 Å². The topological polar surface area (TPSA) is 49.4 Å². The third-order valence-electron chi connectivity index (χ3n) is 5.15. The van der Waals surface area contributed by atoms with E-state index in [1.807, 2.05) is 32.0 Å². The van der Waals surface area contributed by atoms with Crippen molar-refractivity contribution in [1.29, 1.82) is 0 Å². The second kappa shape index (κ2) is 11.8. The largest absolute Gasteiger partial charge is 0.354 e. The molecule has 0 aliphatic carbocycles. The van der Waals surface area contributed by atoms with Crippen LogP contribution in [0.3, 0.4) is 0 Å². The maximum absolute atomic E-state index is 13.1. The van der Waals surface area contributed by atoms with Crippen LogP contribution in [0.2, 0.25) is 5.02 Å². The predicted molar refractivity (Wildman–Crippen MR) is 123 cm³/mol. The number of carbonyl (C=O) groups excluding carboxylic acids is 2. The molecule has 2 aromatic carbocycles. The highest BCUT2D eigenvalue weighted by Gasteiger charge is 2.26. The van der Waals surface area contributed by atoms with Crippen LogP contribution in [-0.2, 0) is 29.0 Å². The number of hydrogen-bond donors (Lipinski definition) is 1. The Morgan fingerprint density at radius 3 is 2.27 bits per heavy atom. The molecule has 0 aromatic heterocycles. The Labute approximate surface area is 185 Å². The van der Waals surface area contributed by atoms with Crippen molar-refractivity contribution in [2.75, 3.05) is 6.54 Å². The van der Waals surface area contributed by atoms with Crippen molar-refractivity contribution in [3.05, 3.63) is 70.2 Å². The average molecular weight is 429 g/mol. The molecule has 1 atom stereocenters. The molecule has 2 amide bonds. The molecule has 0 spiro atoms. The first kappa shape index (κ1) is 23.9. The van der Waals surface area contributed by atoms with Crippen LogP contribution in [0.4, 0.5) is 0 Å². The Morgan fingerprint density at radius 1 is 1.00 bits per heavy atom. The Bertz CT molecular complexity index is 833. The van der Waals surface area contributed by atoms with Crippen molar-refractivity contribution in [2.24, 2.45) is 5.92 Å². The fourth-order valence-electron chi connectivity index (χ4n) is 3.20. The first-order valence-electron chi connectivity index (χ1n) is 10.7. The lowest BCUT2D eigenvalue weighted by Gasteiger charge is -2.29. The fraction of sp³-hybridized carbons (Fsp3) is 0.440. The summed E-state index contributed by atoms with van der Waals surface area (Å²) < 4.78 is 0. The molecule has 0 aliphatic rings. The molecule has 0 aliphatic heterocycles. The van der Waals surface area contributed by atoms with Gasteiger partial charge in [-0.05, 0) is 54.5 Å². The van der Waals surface area contributed by atoms with Gasteiger partial charge in [0.15, 0.2) is 0 Å². The Morgan fingerprint density at radius 2 is 1.67 bits per heavy atom. The summed E-state index contributed by atoms with van der Waals surface area (Å²) in [6.45, 7) is 8.94. The van der Waals surface area contributed by atoms with E-state index in [9.17, 15) is 9.59 Å². The number of benzene rings is 2. The van der Waals surface area contributed by atoms with Crippen molar-refractivity contribution in [3.8, 4) is 0 Å². The zero-order chi connectivity index (χ0) is 22.1. The van der Waals surface area contributed by atoms with Crippen LogP contribution in [0.1, 0.15) is 50.8 Å². The van der Waals surface area contributed by atoms with Crippen molar-refractivity contribution < 1.29 is 9.59 Å². The Balaban J connectivity index is 2.11. The lowest BCUT2D eigenvalue weighted by molar-refractivity contribution is -0.140. The second-order valence-electron chi connectivity index (χ2n) is 8.14. The third kappa shape index (κ3) is 7.49. The van der Waals surface area contributed by atoms with Gasteiger partial charge < -0.3 is 10.2 Å². The molecule has 2 aromatic rings. The minimum Gasteiger partial charge on any atom is -0.354 e. The maximum Gasteiger partial charge on any atom is 0.242 e. The second-order valence-corrected chi connectivity index (χ2v) is 8.57. The highest BCUT2D eigenvalue weighted by atomic mass is 35.5. The molecule has 162 valence electrons. The van der Waals surface area contributed by atoms with E-state index in [4.69, 9.17) is 11.6 Å². The van der Waals surface area contributed by atoms with Crippen LogP contribution in [0, 0.1) is 5.92 Å². The highest BCUT2D eigenvalue weighted by molar-refractivity contribution is 6.30.